The van der Waals surface area contributed by atoms with Gasteiger partial charge in [-0.3, -0.25) is 4.98 Å². The molecule has 0 amide bonds. The first-order chi connectivity index (χ1) is 11.0. The third-order valence-corrected chi connectivity index (χ3v) is 4.93. The number of halogens is 1. The molecule has 0 fully saturated rings. The predicted molar refractivity (Wildman–Crippen MR) is 99.1 cm³/mol. The number of aliphatic hydroxyl groups is 1. The van der Waals surface area contributed by atoms with Crippen molar-refractivity contribution in [3.8, 4) is 0 Å². The van der Waals surface area contributed by atoms with E-state index in [-0.39, 0.29) is 6.61 Å². The summed E-state index contributed by atoms with van der Waals surface area (Å²) in [6, 6.07) is 14.5. The van der Waals surface area contributed by atoms with Crippen LogP contribution < -0.4 is 0 Å². The first-order valence-corrected chi connectivity index (χ1v) is 8.91. The molecule has 123 valence electrons. The molecule has 3 heteroatoms. The summed E-state index contributed by atoms with van der Waals surface area (Å²) in [6.07, 6.45) is 2.16. The Kier molecular flexibility index (Phi) is 6.79. The van der Waals surface area contributed by atoms with E-state index in [4.69, 9.17) is 0 Å². The minimum atomic E-state index is -0.00189. The van der Waals surface area contributed by atoms with Crippen LogP contribution in [0.5, 0.6) is 0 Å². The zero-order valence-electron chi connectivity index (χ0n) is 14.1. The van der Waals surface area contributed by atoms with Gasteiger partial charge in [0, 0.05) is 16.1 Å². The van der Waals surface area contributed by atoms with Gasteiger partial charge in [-0.2, -0.15) is 0 Å². The molecule has 0 bridgehead atoms. The number of pyridine rings is 1. The van der Waals surface area contributed by atoms with Gasteiger partial charge in [-0.1, -0.05) is 54.9 Å². The van der Waals surface area contributed by atoms with Gasteiger partial charge in [0.1, 0.15) is 0 Å². The molecule has 0 saturated heterocycles. The van der Waals surface area contributed by atoms with E-state index in [1.54, 1.807) is 0 Å². The normalized spacial score (nSPS) is 14.0. The summed E-state index contributed by atoms with van der Waals surface area (Å²) in [7, 11) is 0. The average molecular weight is 375 g/mol. The summed E-state index contributed by atoms with van der Waals surface area (Å²) < 4.78 is 1.13. The van der Waals surface area contributed by atoms with E-state index < -0.39 is 0 Å². The minimum Gasteiger partial charge on any atom is -0.390 e. The molecular formula is C20H25BrNO. The molecule has 2 atom stereocenters. The molecule has 23 heavy (non-hydrogen) atoms. The standard InChI is InChI=1S/C20H25BrNO/c1-14(2)19(11-10-16-6-4-7-17(21)12-16)15(3)20-9-5-8-18(13-23)22-20/h4-9,12,15,19,23H,10-11,13H2,1-3H3/t15?,19-/m0/s1. The molecule has 2 aromatic rings. The number of hydrogen-bond acceptors (Lipinski definition) is 2. The second-order valence-corrected chi connectivity index (χ2v) is 7.27. The van der Waals surface area contributed by atoms with Gasteiger partial charge < -0.3 is 5.11 Å². The van der Waals surface area contributed by atoms with E-state index in [2.05, 4.69) is 72.0 Å². The van der Waals surface area contributed by atoms with Crippen LogP contribution in [0, 0.1) is 11.8 Å². The van der Waals surface area contributed by atoms with Crippen molar-refractivity contribution in [1.29, 1.82) is 0 Å². The number of rotatable bonds is 7. The number of aliphatic hydroxyl groups excluding tert-OH is 1. The molecule has 0 spiro atoms. The van der Waals surface area contributed by atoms with Crippen LogP contribution in [0.1, 0.15) is 50.1 Å². The van der Waals surface area contributed by atoms with Gasteiger partial charge in [-0.25, -0.2) is 0 Å². The molecule has 1 heterocycles. The lowest BCUT2D eigenvalue weighted by molar-refractivity contribution is 0.276. The highest BCUT2D eigenvalue weighted by Gasteiger charge is 2.23. The molecule has 2 rings (SSSR count). The quantitative estimate of drug-likeness (QED) is 0.712. The minimum absolute atomic E-state index is 0.00189. The number of benzene rings is 1. The van der Waals surface area contributed by atoms with Gasteiger partial charge in [0.2, 0.25) is 0 Å². The van der Waals surface area contributed by atoms with Gasteiger partial charge >= 0.3 is 0 Å². The lowest BCUT2D eigenvalue weighted by Gasteiger charge is -2.27. The third kappa shape index (κ3) is 5.15. The van der Waals surface area contributed by atoms with E-state index in [1.807, 2.05) is 12.1 Å². The van der Waals surface area contributed by atoms with Crippen molar-refractivity contribution < 1.29 is 5.11 Å². The SMILES string of the molecule is C[C](C)[C@H](CCc1cccc(Br)c1)C(C)c1cccc(CO)n1. The van der Waals surface area contributed by atoms with E-state index in [0.29, 0.717) is 11.8 Å². The third-order valence-electron chi connectivity index (χ3n) is 4.44. The highest BCUT2D eigenvalue weighted by molar-refractivity contribution is 9.10. The van der Waals surface area contributed by atoms with E-state index in [9.17, 15) is 5.11 Å². The molecule has 0 aliphatic carbocycles. The Morgan fingerprint density at radius 1 is 1.17 bits per heavy atom. The zero-order chi connectivity index (χ0) is 16.8. The Bertz CT molecular complexity index is 627. The van der Waals surface area contributed by atoms with Crippen molar-refractivity contribution in [2.75, 3.05) is 0 Å². The lowest BCUT2D eigenvalue weighted by Crippen LogP contribution is -2.17. The fraction of sp³-hybridized carbons (Fsp3) is 0.400. The maximum Gasteiger partial charge on any atom is 0.0853 e. The zero-order valence-corrected chi connectivity index (χ0v) is 15.7. The van der Waals surface area contributed by atoms with Crippen molar-refractivity contribution >= 4 is 15.9 Å². The molecule has 1 aromatic heterocycles. The number of aromatic nitrogens is 1. The second-order valence-electron chi connectivity index (χ2n) is 6.35. The predicted octanol–water partition coefficient (Wildman–Crippen LogP) is 5.30. The smallest absolute Gasteiger partial charge is 0.0853 e. The van der Waals surface area contributed by atoms with Crippen LogP contribution >= 0.6 is 15.9 Å². The Morgan fingerprint density at radius 2 is 1.91 bits per heavy atom. The van der Waals surface area contributed by atoms with E-state index in [0.717, 1.165) is 28.7 Å². The maximum absolute atomic E-state index is 9.30. The molecule has 1 aromatic carbocycles. The summed E-state index contributed by atoms with van der Waals surface area (Å²) >= 11 is 3.54. The highest BCUT2D eigenvalue weighted by Crippen LogP contribution is 2.34. The highest BCUT2D eigenvalue weighted by atomic mass is 79.9. The van der Waals surface area contributed by atoms with E-state index >= 15 is 0 Å². The summed E-state index contributed by atoms with van der Waals surface area (Å²) in [5, 5.41) is 9.30. The van der Waals surface area contributed by atoms with Crippen molar-refractivity contribution in [3.05, 3.63) is 69.8 Å². The summed E-state index contributed by atoms with van der Waals surface area (Å²) in [5.74, 6) is 2.26. The molecule has 1 unspecified atom stereocenters. The van der Waals surface area contributed by atoms with Crippen LogP contribution in [0.25, 0.3) is 0 Å². The Labute approximate surface area is 148 Å². The van der Waals surface area contributed by atoms with E-state index in [1.165, 1.54) is 11.5 Å². The first kappa shape index (κ1) is 18.2. The molecule has 0 aliphatic heterocycles. The van der Waals surface area contributed by atoms with Crippen molar-refractivity contribution in [2.45, 2.75) is 46.1 Å². The molecule has 0 aliphatic rings. The van der Waals surface area contributed by atoms with Crippen LogP contribution in [0.3, 0.4) is 0 Å². The lowest BCUT2D eigenvalue weighted by atomic mass is 9.78. The van der Waals surface area contributed by atoms with Crippen LogP contribution in [-0.2, 0) is 13.0 Å². The van der Waals surface area contributed by atoms with Crippen molar-refractivity contribution in [3.63, 3.8) is 0 Å². The summed E-state index contributed by atoms with van der Waals surface area (Å²) in [6.45, 7) is 6.65. The summed E-state index contributed by atoms with van der Waals surface area (Å²) in [4.78, 5) is 4.59. The summed E-state index contributed by atoms with van der Waals surface area (Å²) in [5.41, 5.74) is 3.17. The average Bonchev–Trinajstić information content (AvgIpc) is 2.54. The number of hydrogen-bond donors (Lipinski definition) is 1. The maximum atomic E-state index is 9.30. The molecular weight excluding hydrogens is 350 g/mol. The van der Waals surface area contributed by atoms with Gasteiger partial charge in [-0.15, -0.1) is 0 Å². The number of nitrogens with zero attached hydrogens (tertiary/aromatic N) is 1. The van der Waals surface area contributed by atoms with Gasteiger partial charge in [0.05, 0.1) is 12.3 Å². The molecule has 1 radical (unpaired) electrons. The number of aryl methyl sites for hydroxylation is 1. The van der Waals surface area contributed by atoms with Gasteiger partial charge in [0.25, 0.3) is 0 Å². The molecule has 2 nitrogen and oxygen atoms in total. The van der Waals surface area contributed by atoms with Crippen molar-refractivity contribution in [1.82, 2.24) is 4.98 Å². The Morgan fingerprint density at radius 3 is 2.57 bits per heavy atom. The fourth-order valence-electron chi connectivity index (χ4n) is 3.10. The molecule has 0 saturated carbocycles. The Hall–Kier alpha value is -1.19. The molecule has 1 N–H and O–H groups in total. The Balaban J connectivity index is 2.10. The monoisotopic (exact) mass is 374 g/mol. The van der Waals surface area contributed by atoms with Crippen LogP contribution in [0.4, 0.5) is 0 Å². The first-order valence-electron chi connectivity index (χ1n) is 8.12. The van der Waals surface area contributed by atoms with Crippen LogP contribution in [-0.4, -0.2) is 10.1 Å². The largest absolute Gasteiger partial charge is 0.390 e. The van der Waals surface area contributed by atoms with Crippen molar-refractivity contribution in [2.24, 2.45) is 5.92 Å². The van der Waals surface area contributed by atoms with Crippen LogP contribution in [0.15, 0.2) is 46.9 Å². The van der Waals surface area contributed by atoms with Gasteiger partial charge in [-0.05, 0) is 54.5 Å². The fourth-order valence-corrected chi connectivity index (χ4v) is 3.55. The topological polar surface area (TPSA) is 33.1 Å². The van der Waals surface area contributed by atoms with Gasteiger partial charge in [0.15, 0.2) is 0 Å². The van der Waals surface area contributed by atoms with Crippen LogP contribution in [0.2, 0.25) is 0 Å². The second kappa shape index (κ2) is 8.60.